The van der Waals surface area contributed by atoms with Gasteiger partial charge in [-0.1, -0.05) is 35.8 Å². The van der Waals surface area contributed by atoms with Gasteiger partial charge in [-0.05, 0) is 30.5 Å². The first-order valence-electron chi connectivity index (χ1n) is 7.08. The topological polar surface area (TPSA) is 52.6 Å². The van der Waals surface area contributed by atoms with Gasteiger partial charge in [0, 0.05) is 6.26 Å². The maximum absolute atomic E-state index is 11.4. The summed E-state index contributed by atoms with van der Waals surface area (Å²) in [5, 5.41) is 0. The molecule has 0 radical (unpaired) electrons. The van der Waals surface area contributed by atoms with Crippen molar-refractivity contribution in [2.24, 2.45) is 0 Å². The van der Waals surface area contributed by atoms with Crippen molar-refractivity contribution >= 4 is 25.8 Å². The first-order valence-corrected chi connectivity index (χ1v) is 10.1. The predicted octanol–water partition coefficient (Wildman–Crippen LogP) is 3.74. The molecule has 0 aliphatic carbocycles. The van der Waals surface area contributed by atoms with Crippen molar-refractivity contribution in [2.75, 3.05) is 25.2 Å². The van der Waals surface area contributed by atoms with Crippen LogP contribution < -0.4 is 9.47 Å². The molecule has 0 heterocycles. The molecule has 0 bridgehead atoms. The Hall–Kier alpha value is -0.750. The van der Waals surface area contributed by atoms with E-state index in [1.165, 1.54) is 6.26 Å². The molecule has 21 heavy (non-hydrogen) atoms. The van der Waals surface area contributed by atoms with E-state index >= 15 is 0 Å². The molecule has 1 aromatic carbocycles. The number of hydrogen-bond donors (Lipinski definition) is 0. The minimum Gasteiger partial charge on any atom is -0.490 e. The molecular weight excluding hydrogens is 356 g/mol. The van der Waals surface area contributed by atoms with E-state index in [9.17, 15) is 8.42 Å². The van der Waals surface area contributed by atoms with Crippen LogP contribution >= 0.6 is 15.9 Å². The third kappa shape index (κ3) is 6.70. The van der Waals surface area contributed by atoms with Crippen molar-refractivity contribution in [1.82, 2.24) is 0 Å². The Morgan fingerprint density at radius 2 is 1.67 bits per heavy atom. The van der Waals surface area contributed by atoms with E-state index in [2.05, 4.69) is 15.9 Å². The molecule has 120 valence electrons. The van der Waals surface area contributed by atoms with Gasteiger partial charge in [0.15, 0.2) is 11.5 Å². The van der Waals surface area contributed by atoms with Gasteiger partial charge in [-0.25, -0.2) is 8.42 Å². The van der Waals surface area contributed by atoms with E-state index in [-0.39, 0.29) is 10.6 Å². The first kappa shape index (κ1) is 18.3. The van der Waals surface area contributed by atoms with E-state index < -0.39 is 9.84 Å². The summed E-state index contributed by atoms with van der Waals surface area (Å²) in [6, 6.07) is 5.56. The van der Waals surface area contributed by atoms with Crippen molar-refractivity contribution in [3.8, 4) is 11.5 Å². The number of ether oxygens (including phenoxy) is 2. The number of benzene rings is 1. The lowest BCUT2D eigenvalue weighted by molar-refractivity contribution is 0.268. The highest BCUT2D eigenvalue weighted by atomic mass is 79.9. The average molecular weight is 379 g/mol. The first-order chi connectivity index (χ1) is 9.87. The Morgan fingerprint density at radius 1 is 1.10 bits per heavy atom. The summed E-state index contributed by atoms with van der Waals surface area (Å²) in [7, 11) is -3.04. The summed E-state index contributed by atoms with van der Waals surface area (Å²) >= 11 is 3.43. The van der Waals surface area contributed by atoms with Gasteiger partial charge in [0.05, 0.1) is 23.8 Å². The van der Waals surface area contributed by atoms with Gasteiger partial charge in [0.1, 0.15) is 9.84 Å². The molecule has 4 nitrogen and oxygen atoms in total. The maximum Gasteiger partial charge on any atom is 0.161 e. The van der Waals surface area contributed by atoms with Gasteiger partial charge in [-0.15, -0.1) is 0 Å². The standard InChI is InChI=1S/C15H23BrO4S/c1-4-8-19-14-7-6-12(10-15(14)20-9-5-2)13(16)11-21(3,17)18/h6-7,10,13H,4-5,8-9,11H2,1-3H3. The van der Waals surface area contributed by atoms with Gasteiger partial charge < -0.3 is 9.47 Å². The molecule has 0 saturated carbocycles. The number of hydrogen-bond acceptors (Lipinski definition) is 4. The zero-order valence-corrected chi connectivity index (χ0v) is 15.2. The Labute approximate surface area is 135 Å². The van der Waals surface area contributed by atoms with Crippen LogP contribution in [0.1, 0.15) is 37.1 Å². The van der Waals surface area contributed by atoms with Crippen LogP contribution in [0.2, 0.25) is 0 Å². The molecule has 0 N–H and O–H groups in total. The molecule has 0 saturated heterocycles. The Kier molecular flexibility index (Phi) is 7.52. The molecule has 0 aliphatic rings. The molecule has 0 aromatic heterocycles. The van der Waals surface area contributed by atoms with E-state index in [1.807, 2.05) is 32.0 Å². The molecule has 0 spiro atoms. The summed E-state index contributed by atoms with van der Waals surface area (Å²) in [4.78, 5) is -0.253. The van der Waals surface area contributed by atoms with Crippen LogP contribution in [0.3, 0.4) is 0 Å². The van der Waals surface area contributed by atoms with Crippen molar-refractivity contribution in [1.29, 1.82) is 0 Å². The Bertz CT molecular complexity index is 543. The van der Waals surface area contributed by atoms with Gasteiger partial charge >= 0.3 is 0 Å². The van der Waals surface area contributed by atoms with Gasteiger partial charge in [-0.2, -0.15) is 0 Å². The van der Waals surface area contributed by atoms with Crippen LogP contribution in [0, 0.1) is 0 Å². The van der Waals surface area contributed by atoms with Crippen LogP contribution in [0.15, 0.2) is 18.2 Å². The zero-order valence-electron chi connectivity index (χ0n) is 12.8. The number of halogens is 1. The molecule has 6 heteroatoms. The van der Waals surface area contributed by atoms with Crippen molar-refractivity contribution in [2.45, 2.75) is 31.5 Å². The summed E-state index contributed by atoms with van der Waals surface area (Å²) in [5.41, 5.74) is 0.871. The van der Waals surface area contributed by atoms with Crippen LogP contribution in [-0.2, 0) is 9.84 Å². The fourth-order valence-corrected chi connectivity index (χ4v) is 4.19. The zero-order chi connectivity index (χ0) is 15.9. The van der Waals surface area contributed by atoms with Crippen molar-refractivity contribution < 1.29 is 17.9 Å². The monoisotopic (exact) mass is 378 g/mol. The van der Waals surface area contributed by atoms with E-state index in [0.29, 0.717) is 24.7 Å². The third-order valence-corrected chi connectivity index (χ3v) is 4.92. The van der Waals surface area contributed by atoms with Gasteiger partial charge in [0.25, 0.3) is 0 Å². The Balaban J connectivity index is 2.96. The number of sulfone groups is 1. The third-order valence-electron chi connectivity index (χ3n) is 2.70. The van der Waals surface area contributed by atoms with E-state index in [4.69, 9.17) is 9.47 Å². The minimum absolute atomic E-state index is 0.0510. The SMILES string of the molecule is CCCOc1ccc(C(Br)CS(C)(=O)=O)cc1OCCC. The highest BCUT2D eigenvalue weighted by molar-refractivity contribution is 9.09. The lowest BCUT2D eigenvalue weighted by Gasteiger charge is -2.15. The van der Waals surface area contributed by atoms with E-state index in [1.54, 1.807) is 0 Å². The maximum atomic E-state index is 11.4. The van der Waals surface area contributed by atoms with Crippen LogP contribution in [-0.4, -0.2) is 33.6 Å². The van der Waals surface area contributed by atoms with Gasteiger partial charge in [-0.3, -0.25) is 0 Å². The summed E-state index contributed by atoms with van der Waals surface area (Å²) in [6.45, 7) is 5.31. The molecule has 1 atom stereocenters. The molecule has 1 unspecified atom stereocenters. The quantitative estimate of drug-likeness (QED) is 0.614. The molecular formula is C15H23BrO4S. The second kappa shape index (κ2) is 8.63. The second-order valence-electron chi connectivity index (χ2n) is 4.96. The van der Waals surface area contributed by atoms with E-state index in [0.717, 1.165) is 18.4 Å². The number of alkyl halides is 1. The molecule has 0 fully saturated rings. The fourth-order valence-electron chi connectivity index (χ4n) is 1.74. The lowest BCUT2D eigenvalue weighted by Crippen LogP contribution is -2.09. The molecule has 0 aliphatic heterocycles. The summed E-state index contributed by atoms with van der Waals surface area (Å²) in [5.74, 6) is 1.42. The Morgan fingerprint density at radius 3 is 2.19 bits per heavy atom. The largest absolute Gasteiger partial charge is 0.490 e. The smallest absolute Gasteiger partial charge is 0.161 e. The average Bonchev–Trinajstić information content (AvgIpc) is 2.41. The lowest BCUT2D eigenvalue weighted by atomic mass is 10.1. The molecule has 0 amide bonds. The molecule has 1 aromatic rings. The number of rotatable bonds is 9. The normalized spacial score (nSPS) is 13.0. The van der Waals surface area contributed by atoms with Crippen LogP contribution in [0.4, 0.5) is 0 Å². The van der Waals surface area contributed by atoms with Crippen LogP contribution in [0.25, 0.3) is 0 Å². The highest BCUT2D eigenvalue weighted by Gasteiger charge is 2.16. The summed E-state index contributed by atoms with van der Waals surface area (Å²) < 4.78 is 34.2. The second-order valence-corrected chi connectivity index (χ2v) is 8.25. The summed E-state index contributed by atoms with van der Waals surface area (Å²) in [6.07, 6.45) is 3.05. The van der Waals surface area contributed by atoms with Crippen molar-refractivity contribution in [3.05, 3.63) is 23.8 Å². The van der Waals surface area contributed by atoms with Crippen molar-refractivity contribution in [3.63, 3.8) is 0 Å². The minimum atomic E-state index is -3.04. The van der Waals surface area contributed by atoms with Gasteiger partial charge in [0.2, 0.25) is 0 Å². The predicted molar refractivity (Wildman–Crippen MR) is 89.4 cm³/mol. The highest BCUT2D eigenvalue weighted by Crippen LogP contribution is 2.34. The molecule has 1 rings (SSSR count). The van der Waals surface area contributed by atoms with Crippen LogP contribution in [0.5, 0.6) is 11.5 Å². The fraction of sp³-hybridized carbons (Fsp3) is 0.600.